The number of piperazine rings is 1. The van der Waals surface area contributed by atoms with Gasteiger partial charge in [-0.15, -0.1) is 0 Å². The molecule has 0 spiro atoms. The van der Waals surface area contributed by atoms with Crippen molar-refractivity contribution in [2.45, 2.75) is 13.0 Å². The second kappa shape index (κ2) is 8.95. The molecular formula is C24H23FN6O2. The van der Waals surface area contributed by atoms with Gasteiger partial charge in [-0.2, -0.15) is 5.10 Å². The predicted octanol–water partition coefficient (Wildman–Crippen LogP) is 2.33. The van der Waals surface area contributed by atoms with E-state index in [0.717, 1.165) is 23.2 Å². The van der Waals surface area contributed by atoms with Crippen LogP contribution in [0.3, 0.4) is 0 Å². The summed E-state index contributed by atoms with van der Waals surface area (Å²) in [5.74, 6) is -0.849. The Balaban J connectivity index is 1.32. The van der Waals surface area contributed by atoms with Gasteiger partial charge >= 0.3 is 0 Å². The minimum Gasteiger partial charge on any atom is -0.347 e. The van der Waals surface area contributed by atoms with Gasteiger partial charge in [0.2, 0.25) is 0 Å². The normalized spacial score (nSPS) is 14.6. The number of fused-ring (bicyclic) bond motifs is 1. The first-order chi connectivity index (χ1) is 16.1. The Morgan fingerprint density at radius 3 is 2.61 bits per heavy atom. The molecule has 1 aliphatic rings. The maximum atomic E-state index is 14.6. The molecule has 3 heterocycles. The first-order valence-electron chi connectivity index (χ1n) is 10.8. The predicted molar refractivity (Wildman–Crippen MR) is 121 cm³/mol. The summed E-state index contributed by atoms with van der Waals surface area (Å²) in [4.78, 5) is 36.2. The summed E-state index contributed by atoms with van der Waals surface area (Å²) in [6, 6.07) is 11.8. The minimum absolute atomic E-state index is 0.0586. The number of hydrogen-bond acceptors (Lipinski definition) is 5. The molecule has 5 rings (SSSR count). The fourth-order valence-electron chi connectivity index (χ4n) is 4.24. The van der Waals surface area contributed by atoms with Crippen molar-refractivity contribution in [1.82, 2.24) is 30.0 Å². The number of nitrogens with one attached hydrogen (secondary N) is 2. The van der Waals surface area contributed by atoms with Crippen LogP contribution in [-0.4, -0.2) is 62.1 Å². The molecular weight excluding hydrogens is 423 g/mol. The molecule has 0 aliphatic carbocycles. The Bertz CT molecular complexity index is 1340. The van der Waals surface area contributed by atoms with E-state index in [0.29, 0.717) is 43.7 Å². The summed E-state index contributed by atoms with van der Waals surface area (Å²) >= 11 is 0. The molecule has 1 fully saturated rings. The lowest BCUT2D eigenvalue weighted by atomic mass is 10.0. The van der Waals surface area contributed by atoms with Crippen LogP contribution >= 0.6 is 0 Å². The first-order valence-corrected chi connectivity index (χ1v) is 10.8. The average molecular weight is 446 g/mol. The molecule has 2 N–H and O–H groups in total. The summed E-state index contributed by atoms with van der Waals surface area (Å²) in [5, 5.41) is 8.00. The van der Waals surface area contributed by atoms with Crippen molar-refractivity contribution in [2.75, 3.05) is 26.2 Å². The zero-order valence-corrected chi connectivity index (χ0v) is 17.9. The number of amides is 1. The SMILES string of the molecule is O=C(c1cc(Cc2n[nH]c(=O)c3ccccc23)ccc1F)N1CCN(Cc2cnc[nH]2)CC1. The lowest BCUT2D eigenvalue weighted by Gasteiger charge is -2.34. The smallest absolute Gasteiger partial charge is 0.272 e. The quantitative estimate of drug-likeness (QED) is 0.490. The third kappa shape index (κ3) is 4.40. The fourth-order valence-corrected chi connectivity index (χ4v) is 4.24. The number of nitrogens with zero attached hydrogens (tertiary/aromatic N) is 4. The van der Waals surface area contributed by atoms with Crippen LogP contribution in [0, 0.1) is 5.82 Å². The van der Waals surface area contributed by atoms with Crippen LogP contribution in [0.4, 0.5) is 4.39 Å². The highest BCUT2D eigenvalue weighted by Gasteiger charge is 2.24. The molecule has 8 nitrogen and oxygen atoms in total. The van der Waals surface area contributed by atoms with Gasteiger partial charge < -0.3 is 9.88 Å². The molecule has 168 valence electrons. The number of H-pyrrole nitrogens is 2. The number of benzene rings is 2. The van der Waals surface area contributed by atoms with Gasteiger partial charge in [0, 0.05) is 56.4 Å². The summed E-state index contributed by atoms with van der Waals surface area (Å²) in [6.07, 6.45) is 3.81. The summed E-state index contributed by atoms with van der Waals surface area (Å²) < 4.78 is 14.6. The Morgan fingerprint density at radius 1 is 1.06 bits per heavy atom. The summed E-state index contributed by atoms with van der Waals surface area (Å²) in [6.45, 7) is 3.22. The number of hydrogen-bond donors (Lipinski definition) is 2. The number of aromatic amines is 2. The van der Waals surface area contributed by atoms with E-state index in [1.807, 2.05) is 12.1 Å². The van der Waals surface area contributed by atoms with Crippen LogP contribution in [0.2, 0.25) is 0 Å². The maximum Gasteiger partial charge on any atom is 0.272 e. The Morgan fingerprint density at radius 2 is 1.85 bits per heavy atom. The van der Waals surface area contributed by atoms with Crippen LogP contribution in [0.15, 0.2) is 59.8 Å². The molecule has 0 bridgehead atoms. The van der Waals surface area contributed by atoms with Gasteiger partial charge in [0.15, 0.2) is 0 Å². The number of aromatic nitrogens is 4. The second-order valence-corrected chi connectivity index (χ2v) is 8.18. The van der Waals surface area contributed by atoms with Gasteiger partial charge in [-0.05, 0) is 23.8 Å². The van der Waals surface area contributed by atoms with Gasteiger partial charge in [0.25, 0.3) is 11.5 Å². The van der Waals surface area contributed by atoms with Gasteiger partial charge in [-0.25, -0.2) is 14.5 Å². The highest BCUT2D eigenvalue weighted by molar-refractivity contribution is 5.95. The average Bonchev–Trinajstić information content (AvgIpc) is 3.35. The third-order valence-corrected chi connectivity index (χ3v) is 6.02. The Kier molecular flexibility index (Phi) is 5.70. The highest BCUT2D eigenvalue weighted by Crippen LogP contribution is 2.20. The molecule has 1 amide bonds. The van der Waals surface area contributed by atoms with Crippen molar-refractivity contribution in [2.24, 2.45) is 0 Å². The van der Waals surface area contributed by atoms with Crippen molar-refractivity contribution in [3.63, 3.8) is 0 Å². The van der Waals surface area contributed by atoms with E-state index in [2.05, 4.69) is 25.1 Å². The number of rotatable bonds is 5. The number of imidazole rings is 1. The van der Waals surface area contributed by atoms with Crippen LogP contribution in [0.25, 0.3) is 10.8 Å². The van der Waals surface area contributed by atoms with E-state index < -0.39 is 5.82 Å². The van der Waals surface area contributed by atoms with E-state index in [1.54, 1.807) is 41.7 Å². The Hall–Kier alpha value is -3.85. The van der Waals surface area contributed by atoms with Crippen molar-refractivity contribution < 1.29 is 9.18 Å². The third-order valence-electron chi connectivity index (χ3n) is 6.02. The van der Waals surface area contributed by atoms with E-state index >= 15 is 0 Å². The summed E-state index contributed by atoms with van der Waals surface area (Å²) in [7, 11) is 0. The van der Waals surface area contributed by atoms with Crippen molar-refractivity contribution in [3.05, 3.63) is 93.7 Å². The monoisotopic (exact) mass is 446 g/mol. The van der Waals surface area contributed by atoms with E-state index in [1.165, 1.54) is 6.07 Å². The minimum atomic E-state index is -0.539. The van der Waals surface area contributed by atoms with E-state index in [4.69, 9.17) is 0 Å². The zero-order chi connectivity index (χ0) is 22.8. The molecule has 33 heavy (non-hydrogen) atoms. The van der Waals surface area contributed by atoms with Crippen LogP contribution in [-0.2, 0) is 13.0 Å². The fraction of sp³-hybridized carbons (Fsp3) is 0.250. The van der Waals surface area contributed by atoms with E-state index in [-0.39, 0.29) is 17.0 Å². The number of carbonyl (C=O) groups excluding carboxylic acids is 1. The number of halogens is 1. The highest BCUT2D eigenvalue weighted by atomic mass is 19.1. The topological polar surface area (TPSA) is 98.0 Å². The molecule has 9 heteroatoms. The molecule has 1 aliphatic heterocycles. The standard InChI is InChI=1S/C24H23FN6O2/c25-21-6-5-16(12-22-18-3-1-2-4-19(18)23(32)29-28-22)11-20(21)24(33)31-9-7-30(8-10-31)14-17-13-26-15-27-17/h1-6,11,13,15H,7-10,12,14H2,(H,26,27)(H,29,32). The first kappa shape index (κ1) is 21.0. The number of carbonyl (C=O) groups is 1. The van der Waals surface area contributed by atoms with Crippen molar-refractivity contribution in [1.29, 1.82) is 0 Å². The molecule has 0 unspecified atom stereocenters. The van der Waals surface area contributed by atoms with E-state index in [9.17, 15) is 14.0 Å². The zero-order valence-electron chi connectivity index (χ0n) is 17.9. The molecule has 0 radical (unpaired) electrons. The Labute approximate surface area is 189 Å². The molecule has 0 saturated carbocycles. The molecule has 4 aromatic rings. The second-order valence-electron chi connectivity index (χ2n) is 8.18. The van der Waals surface area contributed by atoms with Gasteiger partial charge in [0.1, 0.15) is 5.82 Å². The van der Waals surface area contributed by atoms with Crippen LogP contribution in [0.5, 0.6) is 0 Å². The lowest BCUT2D eigenvalue weighted by Crippen LogP contribution is -2.48. The molecule has 1 saturated heterocycles. The molecule has 2 aromatic heterocycles. The largest absolute Gasteiger partial charge is 0.347 e. The van der Waals surface area contributed by atoms with Crippen LogP contribution < -0.4 is 5.56 Å². The lowest BCUT2D eigenvalue weighted by molar-refractivity contribution is 0.0622. The van der Waals surface area contributed by atoms with Crippen molar-refractivity contribution in [3.8, 4) is 0 Å². The van der Waals surface area contributed by atoms with Gasteiger partial charge in [0.05, 0.1) is 23.0 Å². The van der Waals surface area contributed by atoms with Gasteiger partial charge in [-0.3, -0.25) is 14.5 Å². The summed E-state index contributed by atoms with van der Waals surface area (Å²) in [5.41, 5.74) is 2.25. The van der Waals surface area contributed by atoms with Crippen molar-refractivity contribution >= 4 is 16.7 Å². The van der Waals surface area contributed by atoms with Gasteiger partial charge in [-0.1, -0.05) is 24.3 Å². The molecule has 2 aromatic carbocycles. The molecule has 0 atom stereocenters. The van der Waals surface area contributed by atoms with Crippen LogP contribution in [0.1, 0.15) is 27.3 Å². The maximum absolute atomic E-state index is 14.6.